The number of carbonyl (C=O) groups is 2. The summed E-state index contributed by atoms with van der Waals surface area (Å²) >= 11 is 6.23. The summed E-state index contributed by atoms with van der Waals surface area (Å²) in [6.45, 7) is 3.30. The van der Waals surface area contributed by atoms with Crippen molar-refractivity contribution in [3.63, 3.8) is 0 Å². The smallest absolute Gasteiger partial charge is 0.255 e. The summed E-state index contributed by atoms with van der Waals surface area (Å²) in [5, 5.41) is 3.68. The fourth-order valence-electron chi connectivity index (χ4n) is 5.04. The minimum atomic E-state index is -0.106. The van der Waals surface area contributed by atoms with Crippen LogP contribution < -0.4 is 5.32 Å². The Balaban J connectivity index is 1.35. The third-order valence-corrected chi connectivity index (χ3v) is 7.10. The molecule has 2 amide bonds. The number of rotatable bonds is 7. The molecule has 32 heavy (non-hydrogen) atoms. The Bertz CT molecular complexity index is 906. The van der Waals surface area contributed by atoms with Gasteiger partial charge in [0.15, 0.2) is 0 Å². The lowest BCUT2D eigenvalue weighted by Crippen LogP contribution is -2.58. The summed E-state index contributed by atoms with van der Waals surface area (Å²) in [5.74, 6) is 0.510. The second-order valence-corrected chi connectivity index (χ2v) is 9.23. The standard InChI is InChI=1S/C26H32ClN3O2/c27-23-13-7-6-12-22(23)26(32)30-18-16-29(17-19-30)24(21-10-4-5-11-21)25(31)28-15-14-20-8-2-1-3-9-20/h1-3,6-9,12-13,21,24H,4-5,10-11,14-19H2,(H,28,31)/t24-/m0/s1. The average Bonchev–Trinajstić information content (AvgIpc) is 3.35. The van der Waals surface area contributed by atoms with Crippen molar-refractivity contribution in [1.82, 2.24) is 15.1 Å². The lowest BCUT2D eigenvalue weighted by Gasteiger charge is -2.40. The van der Waals surface area contributed by atoms with E-state index >= 15 is 0 Å². The third-order valence-electron chi connectivity index (χ3n) is 6.77. The van der Waals surface area contributed by atoms with Crippen molar-refractivity contribution < 1.29 is 9.59 Å². The molecular formula is C26H32ClN3O2. The van der Waals surface area contributed by atoms with Crippen LogP contribution >= 0.6 is 11.6 Å². The molecule has 1 heterocycles. The molecule has 5 nitrogen and oxygen atoms in total. The average molecular weight is 454 g/mol. The Morgan fingerprint density at radius 1 is 0.938 bits per heavy atom. The lowest BCUT2D eigenvalue weighted by molar-refractivity contribution is -0.129. The van der Waals surface area contributed by atoms with Crippen LogP contribution in [0.3, 0.4) is 0 Å². The molecule has 0 radical (unpaired) electrons. The largest absolute Gasteiger partial charge is 0.354 e. The van der Waals surface area contributed by atoms with Crippen molar-refractivity contribution >= 4 is 23.4 Å². The number of piperazine rings is 1. The maximum absolute atomic E-state index is 13.3. The van der Waals surface area contributed by atoms with Crippen molar-refractivity contribution in [2.45, 2.75) is 38.1 Å². The summed E-state index contributed by atoms with van der Waals surface area (Å²) in [6, 6.07) is 17.3. The number of carbonyl (C=O) groups excluding carboxylic acids is 2. The summed E-state index contributed by atoms with van der Waals surface area (Å²) in [5.41, 5.74) is 1.78. The molecule has 1 N–H and O–H groups in total. The zero-order chi connectivity index (χ0) is 22.3. The van der Waals surface area contributed by atoms with Crippen molar-refractivity contribution in [3.8, 4) is 0 Å². The van der Waals surface area contributed by atoms with Gasteiger partial charge in [-0.2, -0.15) is 0 Å². The molecule has 2 aliphatic rings. The summed E-state index contributed by atoms with van der Waals surface area (Å²) in [6.07, 6.45) is 5.45. The number of nitrogens with zero attached hydrogens (tertiary/aromatic N) is 2. The first-order chi connectivity index (χ1) is 15.6. The molecular weight excluding hydrogens is 422 g/mol. The molecule has 6 heteroatoms. The van der Waals surface area contributed by atoms with E-state index in [2.05, 4.69) is 22.3 Å². The van der Waals surface area contributed by atoms with E-state index in [0.717, 1.165) is 19.3 Å². The SMILES string of the molecule is O=C(NCCc1ccccc1)[C@H](C1CCCC1)N1CCN(C(=O)c2ccccc2Cl)CC1. The van der Waals surface area contributed by atoms with E-state index in [0.29, 0.717) is 49.2 Å². The highest BCUT2D eigenvalue weighted by Crippen LogP contribution is 2.31. The van der Waals surface area contributed by atoms with Gasteiger partial charge in [0.25, 0.3) is 5.91 Å². The van der Waals surface area contributed by atoms with Crippen LogP contribution in [-0.4, -0.2) is 60.4 Å². The van der Waals surface area contributed by atoms with E-state index in [1.165, 1.54) is 18.4 Å². The van der Waals surface area contributed by atoms with Gasteiger partial charge in [0, 0.05) is 32.7 Å². The predicted molar refractivity (Wildman–Crippen MR) is 128 cm³/mol. The molecule has 1 saturated heterocycles. The van der Waals surface area contributed by atoms with Gasteiger partial charge in [-0.1, -0.05) is 66.9 Å². The Morgan fingerprint density at radius 2 is 1.59 bits per heavy atom. The fourth-order valence-corrected chi connectivity index (χ4v) is 5.26. The zero-order valence-corrected chi connectivity index (χ0v) is 19.3. The van der Waals surface area contributed by atoms with E-state index < -0.39 is 0 Å². The number of halogens is 1. The van der Waals surface area contributed by atoms with Gasteiger partial charge in [-0.3, -0.25) is 14.5 Å². The van der Waals surface area contributed by atoms with E-state index in [4.69, 9.17) is 11.6 Å². The minimum Gasteiger partial charge on any atom is -0.354 e. The Morgan fingerprint density at radius 3 is 2.28 bits per heavy atom. The Kier molecular flexibility index (Phi) is 7.82. The molecule has 170 valence electrons. The molecule has 0 aromatic heterocycles. The molecule has 0 spiro atoms. The highest BCUT2D eigenvalue weighted by Gasteiger charge is 2.37. The van der Waals surface area contributed by atoms with Crippen LogP contribution in [0, 0.1) is 5.92 Å². The van der Waals surface area contributed by atoms with Crippen LogP contribution in [0.2, 0.25) is 5.02 Å². The summed E-state index contributed by atoms with van der Waals surface area (Å²) in [4.78, 5) is 30.3. The maximum atomic E-state index is 13.3. The van der Waals surface area contributed by atoms with E-state index in [1.807, 2.05) is 35.2 Å². The van der Waals surface area contributed by atoms with Crippen molar-refractivity contribution in [2.24, 2.45) is 5.92 Å². The molecule has 1 aliphatic heterocycles. The van der Waals surface area contributed by atoms with E-state index in [1.54, 1.807) is 12.1 Å². The monoisotopic (exact) mass is 453 g/mol. The molecule has 1 saturated carbocycles. The molecule has 4 rings (SSSR count). The van der Waals surface area contributed by atoms with Crippen LogP contribution in [0.4, 0.5) is 0 Å². The number of hydrogen-bond acceptors (Lipinski definition) is 3. The highest BCUT2D eigenvalue weighted by molar-refractivity contribution is 6.33. The second-order valence-electron chi connectivity index (χ2n) is 8.82. The first-order valence-corrected chi connectivity index (χ1v) is 12.1. The van der Waals surface area contributed by atoms with Gasteiger partial charge >= 0.3 is 0 Å². The summed E-state index contributed by atoms with van der Waals surface area (Å²) in [7, 11) is 0. The molecule has 0 unspecified atom stereocenters. The molecule has 2 aromatic carbocycles. The number of hydrogen-bond donors (Lipinski definition) is 1. The van der Waals surface area contributed by atoms with Gasteiger partial charge in [0.1, 0.15) is 0 Å². The Labute approximate surface area is 195 Å². The van der Waals surface area contributed by atoms with Crippen LogP contribution in [0.25, 0.3) is 0 Å². The predicted octanol–water partition coefficient (Wildman–Crippen LogP) is 4.02. The first kappa shape index (κ1) is 22.8. The van der Waals surface area contributed by atoms with Crippen LogP contribution in [0.1, 0.15) is 41.6 Å². The first-order valence-electron chi connectivity index (χ1n) is 11.7. The minimum absolute atomic E-state index is 0.0278. The van der Waals surface area contributed by atoms with E-state index in [-0.39, 0.29) is 17.9 Å². The van der Waals surface area contributed by atoms with Gasteiger partial charge in [-0.25, -0.2) is 0 Å². The van der Waals surface area contributed by atoms with Crippen LogP contribution in [0.15, 0.2) is 54.6 Å². The Hall–Kier alpha value is -2.37. The highest BCUT2D eigenvalue weighted by atomic mass is 35.5. The quantitative estimate of drug-likeness (QED) is 0.689. The molecule has 2 fully saturated rings. The molecule has 1 aliphatic carbocycles. The van der Waals surface area contributed by atoms with Crippen LogP contribution in [0.5, 0.6) is 0 Å². The van der Waals surface area contributed by atoms with Gasteiger partial charge < -0.3 is 10.2 Å². The topological polar surface area (TPSA) is 52.7 Å². The van der Waals surface area contributed by atoms with Crippen molar-refractivity contribution in [3.05, 3.63) is 70.7 Å². The van der Waals surface area contributed by atoms with E-state index in [9.17, 15) is 9.59 Å². The van der Waals surface area contributed by atoms with Gasteiger partial charge in [0.2, 0.25) is 5.91 Å². The fraction of sp³-hybridized carbons (Fsp3) is 0.462. The third kappa shape index (κ3) is 5.51. The number of benzene rings is 2. The van der Waals surface area contributed by atoms with Gasteiger partial charge in [0.05, 0.1) is 16.6 Å². The number of nitrogens with one attached hydrogen (secondary N) is 1. The van der Waals surface area contributed by atoms with Crippen LogP contribution in [-0.2, 0) is 11.2 Å². The zero-order valence-electron chi connectivity index (χ0n) is 18.5. The molecule has 0 bridgehead atoms. The van der Waals surface area contributed by atoms with Gasteiger partial charge in [-0.05, 0) is 42.9 Å². The summed E-state index contributed by atoms with van der Waals surface area (Å²) < 4.78 is 0. The van der Waals surface area contributed by atoms with Gasteiger partial charge in [-0.15, -0.1) is 0 Å². The van der Waals surface area contributed by atoms with Crippen molar-refractivity contribution in [2.75, 3.05) is 32.7 Å². The molecule has 2 aromatic rings. The normalized spacial score (nSPS) is 18.5. The second kappa shape index (κ2) is 11.0. The lowest BCUT2D eigenvalue weighted by atomic mass is 9.94. The van der Waals surface area contributed by atoms with Crippen molar-refractivity contribution in [1.29, 1.82) is 0 Å². The number of amides is 2. The molecule has 1 atom stereocenters. The maximum Gasteiger partial charge on any atom is 0.255 e.